The lowest BCUT2D eigenvalue weighted by Crippen LogP contribution is -2.37. The van der Waals surface area contributed by atoms with Crippen molar-refractivity contribution in [2.24, 2.45) is 0 Å². The van der Waals surface area contributed by atoms with Gasteiger partial charge >= 0.3 is 0 Å². The number of hydrogen-bond donors (Lipinski definition) is 3. The average molecular weight is 269 g/mol. The number of sulfonamides is 1. The monoisotopic (exact) mass is 269 g/mol. The summed E-state index contributed by atoms with van der Waals surface area (Å²) < 4.78 is 26.4. The third-order valence-electron chi connectivity index (χ3n) is 2.45. The van der Waals surface area contributed by atoms with Gasteiger partial charge < -0.3 is 10.8 Å². The number of rotatable bonds is 5. The van der Waals surface area contributed by atoms with Crippen molar-refractivity contribution in [2.45, 2.75) is 24.3 Å². The molecule has 0 aliphatic rings. The lowest BCUT2D eigenvalue weighted by atomic mass is 10.2. The Morgan fingerprint density at radius 2 is 2.22 bits per heavy atom. The first-order valence-corrected chi connectivity index (χ1v) is 6.85. The van der Waals surface area contributed by atoms with Crippen molar-refractivity contribution in [1.29, 1.82) is 5.26 Å². The van der Waals surface area contributed by atoms with Crippen molar-refractivity contribution >= 4 is 15.7 Å². The Morgan fingerprint density at radius 3 is 2.72 bits per heavy atom. The quantitative estimate of drug-likeness (QED) is 0.660. The summed E-state index contributed by atoms with van der Waals surface area (Å²) in [6, 6.07) is 5.21. The molecule has 18 heavy (non-hydrogen) atoms. The van der Waals surface area contributed by atoms with Gasteiger partial charge in [-0.25, -0.2) is 13.1 Å². The van der Waals surface area contributed by atoms with Gasteiger partial charge in [0.25, 0.3) is 0 Å². The molecule has 1 aromatic rings. The second-order valence-corrected chi connectivity index (χ2v) is 5.46. The van der Waals surface area contributed by atoms with E-state index in [1.807, 2.05) is 0 Å². The molecule has 7 heteroatoms. The van der Waals surface area contributed by atoms with E-state index in [1.165, 1.54) is 18.2 Å². The number of nitrogen functional groups attached to an aromatic ring is 1. The molecule has 0 bridgehead atoms. The molecule has 0 spiro atoms. The summed E-state index contributed by atoms with van der Waals surface area (Å²) in [4.78, 5) is -0.133. The van der Waals surface area contributed by atoms with Crippen LogP contribution in [0.15, 0.2) is 23.1 Å². The number of hydrogen-bond acceptors (Lipinski definition) is 5. The molecule has 0 saturated carbocycles. The van der Waals surface area contributed by atoms with Crippen LogP contribution in [0.25, 0.3) is 0 Å². The third kappa shape index (κ3) is 3.20. The molecule has 0 saturated heterocycles. The topological polar surface area (TPSA) is 116 Å². The van der Waals surface area contributed by atoms with E-state index in [0.717, 1.165) is 0 Å². The van der Waals surface area contributed by atoms with Gasteiger partial charge in [-0.1, -0.05) is 6.92 Å². The highest BCUT2D eigenvalue weighted by molar-refractivity contribution is 7.89. The zero-order chi connectivity index (χ0) is 13.8. The van der Waals surface area contributed by atoms with Crippen LogP contribution in [0.5, 0.6) is 0 Å². The summed E-state index contributed by atoms with van der Waals surface area (Å²) in [5.41, 5.74) is 5.79. The van der Waals surface area contributed by atoms with E-state index in [-0.39, 0.29) is 17.1 Å². The first-order chi connectivity index (χ1) is 8.44. The summed E-state index contributed by atoms with van der Waals surface area (Å²) in [5.74, 6) is 0. The lowest BCUT2D eigenvalue weighted by molar-refractivity contribution is 0.254. The number of aliphatic hydroxyl groups is 1. The van der Waals surface area contributed by atoms with Crippen LogP contribution in [0.1, 0.15) is 18.9 Å². The van der Waals surface area contributed by atoms with Crippen molar-refractivity contribution < 1.29 is 13.5 Å². The molecule has 0 heterocycles. The molecule has 6 nitrogen and oxygen atoms in total. The van der Waals surface area contributed by atoms with Crippen LogP contribution in [-0.4, -0.2) is 26.2 Å². The van der Waals surface area contributed by atoms with Crippen molar-refractivity contribution in [1.82, 2.24) is 4.72 Å². The van der Waals surface area contributed by atoms with E-state index in [1.54, 1.807) is 13.0 Å². The smallest absolute Gasteiger partial charge is 0.242 e. The fraction of sp³-hybridized carbons (Fsp3) is 0.364. The zero-order valence-electron chi connectivity index (χ0n) is 9.92. The van der Waals surface area contributed by atoms with E-state index in [4.69, 9.17) is 16.1 Å². The molecule has 1 unspecified atom stereocenters. The third-order valence-corrected chi connectivity index (χ3v) is 4.03. The Morgan fingerprint density at radius 1 is 1.56 bits per heavy atom. The number of nitrogens with two attached hydrogens (primary N) is 1. The Labute approximate surface area is 106 Å². The Bertz CT molecular complexity index is 559. The molecule has 0 aliphatic carbocycles. The predicted molar refractivity (Wildman–Crippen MR) is 67.1 cm³/mol. The number of nitrogens with one attached hydrogen (secondary N) is 1. The summed E-state index contributed by atoms with van der Waals surface area (Å²) in [6.07, 6.45) is 0.451. The minimum Gasteiger partial charge on any atom is -0.399 e. The van der Waals surface area contributed by atoms with Crippen molar-refractivity contribution in [3.63, 3.8) is 0 Å². The maximum Gasteiger partial charge on any atom is 0.242 e. The second kappa shape index (κ2) is 5.82. The van der Waals surface area contributed by atoms with Crippen LogP contribution in [-0.2, 0) is 10.0 Å². The summed E-state index contributed by atoms with van der Waals surface area (Å²) in [5, 5.41) is 17.9. The van der Waals surface area contributed by atoms with Gasteiger partial charge in [0.15, 0.2) is 0 Å². The van der Waals surface area contributed by atoms with Crippen LogP contribution in [0.3, 0.4) is 0 Å². The lowest BCUT2D eigenvalue weighted by Gasteiger charge is -2.15. The number of aliphatic hydroxyl groups excluding tert-OH is 1. The fourth-order valence-corrected chi connectivity index (χ4v) is 2.85. The van der Waals surface area contributed by atoms with Crippen molar-refractivity contribution in [3.05, 3.63) is 23.8 Å². The van der Waals surface area contributed by atoms with Crippen molar-refractivity contribution in [2.75, 3.05) is 12.3 Å². The van der Waals surface area contributed by atoms with Gasteiger partial charge in [-0.3, -0.25) is 0 Å². The molecule has 0 aromatic heterocycles. The minimum absolute atomic E-state index is 0.0182. The van der Waals surface area contributed by atoms with Gasteiger partial charge in [-0.05, 0) is 24.6 Å². The Kier molecular flexibility index (Phi) is 4.67. The SMILES string of the molecule is CCC(CO)NS(=O)(=O)c1ccc(N)cc1C#N. The van der Waals surface area contributed by atoms with Crippen LogP contribution in [0.4, 0.5) is 5.69 Å². The molecular weight excluding hydrogens is 254 g/mol. The highest BCUT2D eigenvalue weighted by Gasteiger charge is 2.21. The second-order valence-electron chi connectivity index (χ2n) is 3.78. The molecule has 1 rings (SSSR count). The largest absolute Gasteiger partial charge is 0.399 e. The molecule has 0 radical (unpaired) electrons. The normalized spacial score (nSPS) is 12.9. The van der Waals surface area contributed by atoms with Crippen molar-refractivity contribution in [3.8, 4) is 6.07 Å². The maximum atomic E-state index is 12.0. The first kappa shape index (κ1) is 14.4. The van der Waals surface area contributed by atoms with Crippen LogP contribution < -0.4 is 10.5 Å². The maximum absolute atomic E-state index is 12.0. The van der Waals surface area contributed by atoms with Gasteiger partial charge in [0.05, 0.1) is 17.1 Å². The van der Waals surface area contributed by atoms with E-state index in [2.05, 4.69) is 4.72 Å². The summed E-state index contributed by atoms with van der Waals surface area (Å²) in [6.45, 7) is 1.45. The van der Waals surface area contributed by atoms with Gasteiger partial charge in [0, 0.05) is 11.7 Å². The molecule has 0 fully saturated rings. The fourth-order valence-electron chi connectivity index (χ4n) is 1.40. The number of nitriles is 1. The number of nitrogens with zero attached hydrogens (tertiary/aromatic N) is 1. The average Bonchev–Trinajstić information content (AvgIpc) is 2.35. The molecule has 0 aliphatic heterocycles. The number of benzene rings is 1. The Balaban J connectivity index is 3.17. The Hall–Kier alpha value is -1.62. The van der Waals surface area contributed by atoms with E-state index >= 15 is 0 Å². The van der Waals surface area contributed by atoms with E-state index < -0.39 is 16.1 Å². The van der Waals surface area contributed by atoms with Crippen LogP contribution in [0, 0.1) is 11.3 Å². The molecule has 4 N–H and O–H groups in total. The standard InChI is InChI=1S/C11H15N3O3S/c1-2-10(7-15)14-18(16,17)11-4-3-9(13)5-8(11)6-12/h3-5,10,14-15H,2,7,13H2,1H3. The minimum atomic E-state index is -3.83. The van der Waals surface area contributed by atoms with Gasteiger partial charge in [-0.15, -0.1) is 0 Å². The van der Waals surface area contributed by atoms with E-state index in [0.29, 0.717) is 12.1 Å². The molecule has 1 aromatic carbocycles. The molecule has 0 amide bonds. The van der Waals surface area contributed by atoms with Gasteiger partial charge in [-0.2, -0.15) is 5.26 Å². The van der Waals surface area contributed by atoms with Crippen LogP contribution in [0.2, 0.25) is 0 Å². The van der Waals surface area contributed by atoms with Gasteiger partial charge in [0.2, 0.25) is 10.0 Å². The first-order valence-electron chi connectivity index (χ1n) is 5.37. The zero-order valence-corrected chi connectivity index (χ0v) is 10.7. The highest BCUT2D eigenvalue weighted by atomic mass is 32.2. The molecular formula is C11H15N3O3S. The van der Waals surface area contributed by atoms with Crippen LogP contribution >= 0.6 is 0 Å². The summed E-state index contributed by atoms with van der Waals surface area (Å²) in [7, 11) is -3.83. The molecule has 98 valence electrons. The number of anilines is 1. The van der Waals surface area contributed by atoms with E-state index in [9.17, 15) is 8.42 Å². The van der Waals surface area contributed by atoms with Gasteiger partial charge in [0.1, 0.15) is 6.07 Å². The molecule has 1 atom stereocenters. The predicted octanol–water partition coefficient (Wildman–Crippen LogP) is 0.190. The summed E-state index contributed by atoms with van der Waals surface area (Å²) >= 11 is 0. The highest BCUT2D eigenvalue weighted by Crippen LogP contribution is 2.18.